The number of hydrogen-bond acceptors (Lipinski definition) is 1. The van der Waals surface area contributed by atoms with Gasteiger partial charge in [-0.15, -0.1) is 0 Å². The lowest BCUT2D eigenvalue weighted by atomic mass is 10.0. The Morgan fingerprint density at radius 1 is 1.06 bits per heavy atom. The Balaban J connectivity index is 2.38. The normalized spacial score (nSPS) is 12.4. The molecule has 0 aliphatic carbocycles. The van der Waals surface area contributed by atoms with Gasteiger partial charge in [-0.3, -0.25) is 0 Å². The van der Waals surface area contributed by atoms with Crippen molar-refractivity contribution in [1.82, 2.24) is 0 Å². The van der Waals surface area contributed by atoms with E-state index in [1.54, 1.807) is 12.1 Å². The quantitative estimate of drug-likeness (QED) is 0.881. The second-order valence-corrected chi connectivity index (χ2v) is 4.77. The fourth-order valence-electron chi connectivity index (χ4n) is 1.54. The largest absolute Gasteiger partial charge is 0.384 e. The lowest BCUT2D eigenvalue weighted by molar-refractivity contribution is 0.219. The van der Waals surface area contributed by atoms with E-state index in [1.807, 2.05) is 36.4 Å². The van der Waals surface area contributed by atoms with E-state index in [2.05, 4.69) is 15.9 Å². The zero-order chi connectivity index (χ0) is 11.5. The van der Waals surface area contributed by atoms with Gasteiger partial charge in [0.15, 0.2) is 0 Å². The first-order chi connectivity index (χ1) is 7.68. The number of benzene rings is 2. The molecule has 0 fully saturated rings. The molecule has 0 saturated heterocycles. The molecule has 0 aliphatic heterocycles. The molecule has 2 aromatic rings. The lowest BCUT2D eigenvalue weighted by Crippen LogP contribution is -2.00. The highest BCUT2D eigenvalue weighted by atomic mass is 79.9. The van der Waals surface area contributed by atoms with Gasteiger partial charge in [-0.25, -0.2) is 0 Å². The molecule has 0 spiro atoms. The molecule has 3 heteroatoms. The van der Waals surface area contributed by atoms with E-state index in [0.717, 1.165) is 15.6 Å². The molecule has 0 amide bonds. The van der Waals surface area contributed by atoms with Crippen molar-refractivity contribution in [3.63, 3.8) is 0 Å². The summed E-state index contributed by atoms with van der Waals surface area (Å²) in [6.07, 6.45) is -0.632. The third-order valence-corrected chi connectivity index (χ3v) is 3.29. The molecule has 1 N–H and O–H groups in total. The van der Waals surface area contributed by atoms with Gasteiger partial charge in [0.05, 0.1) is 0 Å². The molecule has 2 rings (SSSR count). The van der Waals surface area contributed by atoms with Crippen LogP contribution in [0.25, 0.3) is 0 Å². The van der Waals surface area contributed by atoms with Crippen molar-refractivity contribution in [2.24, 2.45) is 0 Å². The molecule has 0 aliphatic rings. The predicted molar refractivity (Wildman–Crippen MR) is 69.7 cm³/mol. The SMILES string of the molecule is OC(c1ccccc1)c1ccc(Cl)cc1Br. The summed E-state index contributed by atoms with van der Waals surface area (Å²) in [6, 6.07) is 14.9. The summed E-state index contributed by atoms with van der Waals surface area (Å²) in [5.74, 6) is 0. The van der Waals surface area contributed by atoms with Crippen LogP contribution in [-0.4, -0.2) is 5.11 Å². The first-order valence-corrected chi connectivity index (χ1v) is 6.03. The molecular formula is C13H10BrClO. The van der Waals surface area contributed by atoms with Gasteiger partial charge in [0.1, 0.15) is 6.10 Å². The summed E-state index contributed by atoms with van der Waals surface area (Å²) in [4.78, 5) is 0. The van der Waals surface area contributed by atoms with Gasteiger partial charge < -0.3 is 5.11 Å². The van der Waals surface area contributed by atoms with Crippen LogP contribution >= 0.6 is 27.5 Å². The Morgan fingerprint density at radius 2 is 1.75 bits per heavy atom. The van der Waals surface area contributed by atoms with Crippen molar-refractivity contribution in [2.75, 3.05) is 0 Å². The molecular weight excluding hydrogens is 287 g/mol. The number of hydrogen-bond donors (Lipinski definition) is 1. The molecule has 0 bridgehead atoms. The summed E-state index contributed by atoms with van der Waals surface area (Å²) < 4.78 is 0.816. The van der Waals surface area contributed by atoms with Crippen LogP contribution in [0, 0.1) is 0 Å². The van der Waals surface area contributed by atoms with Crippen LogP contribution in [-0.2, 0) is 0 Å². The lowest BCUT2D eigenvalue weighted by Gasteiger charge is -2.13. The fraction of sp³-hybridized carbons (Fsp3) is 0.0769. The summed E-state index contributed by atoms with van der Waals surface area (Å²) in [5.41, 5.74) is 1.68. The highest BCUT2D eigenvalue weighted by Gasteiger charge is 2.13. The van der Waals surface area contributed by atoms with Gasteiger partial charge >= 0.3 is 0 Å². The monoisotopic (exact) mass is 296 g/mol. The molecule has 0 heterocycles. The van der Waals surface area contributed by atoms with Crippen LogP contribution < -0.4 is 0 Å². The molecule has 1 atom stereocenters. The van der Waals surface area contributed by atoms with Crippen molar-refractivity contribution < 1.29 is 5.11 Å². The maximum Gasteiger partial charge on any atom is 0.105 e. The van der Waals surface area contributed by atoms with E-state index in [0.29, 0.717) is 5.02 Å². The minimum absolute atomic E-state index is 0.632. The standard InChI is InChI=1S/C13H10BrClO/c14-12-8-10(15)6-7-11(12)13(16)9-4-2-1-3-5-9/h1-8,13,16H. The highest BCUT2D eigenvalue weighted by Crippen LogP contribution is 2.30. The van der Waals surface area contributed by atoms with Crippen LogP contribution in [0.1, 0.15) is 17.2 Å². The number of aliphatic hydroxyl groups excluding tert-OH is 1. The number of aliphatic hydroxyl groups is 1. The topological polar surface area (TPSA) is 20.2 Å². The van der Waals surface area contributed by atoms with E-state index >= 15 is 0 Å². The Bertz CT molecular complexity index is 485. The first-order valence-electron chi connectivity index (χ1n) is 4.86. The van der Waals surface area contributed by atoms with E-state index in [-0.39, 0.29) is 0 Å². The van der Waals surface area contributed by atoms with E-state index in [9.17, 15) is 5.11 Å². The molecule has 0 saturated carbocycles. The second-order valence-electron chi connectivity index (χ2n) is 3.48. The van der Waals surface area contributed by atoms with Crippen molar-refractivity contribution in [2.45, 2.75) is 6.10 Å². The summed E-state index contributed by atoms with van der Waals surface area (Å²) in [7, 11) is 0. The van der Waals surface area contributed by atoms with Gasteiger partial charge in [-0.2, -0.15) is 0 Å². The maximum atomic E-state index is 10.2. The Kier molecular flexibility index (Phi) is 3.64. The first kappa shape index (κ1) is 11.6. The number of halogens is 2. The Morgan fingerprint density at radius 3 is 2.38 bits per heavy atom. The van der Waals surface area contributed by atoms with Crippen molar-refractivity contribution >= 4 is 27.5 Å². The average molecular weight is 298 g/mol. The minimum atomic E-state index is -0.632. The number of rotatable bonds is 2. The summed E-state index contributed by atoms with van der Waals surface area (Å²) in [5, 5.41) is 10.8. The third-order valence-electron chi connectivity index (χ3n) is 2.37. The van der Waals surface area contributed by atoms with E-state index in [4.69, 9.17) is 11.6 Å². The van der Waals surface area contributed by atoms with Crippen LogP contribution in [0.5, 0.6) is 0 Å². The summed E-state index contributed by atoms with van der Waals surface area (Å²) in [6.45, 7) is 0. The third kappa shape index (κ3) is 2.46. The van der Waals surface area contributed by atoms with Crippen molar-refractivity contribution in [1.29, 1.82) is 0 Å². The molecule has 1 nitrogen and oxygen atoms in total. The molecule has 1 unspecified atom stereocenters. The zero-order valence-electron chi connectivity index (χ0n) is 8.40. The second kappa shape index (κ2) is 5.00. The fourth-order valence-corrected chi connectivity index (χ4v) is 2.44. The maximum absolute atomic E-state index is 10.2. The highest BCUT2D eigenvalue weighted by molar-refractivity contribution is 9.10. The van der Waals surface area contributed by atoms with Crippen LogP contribution in [0.15, 0.2) is 53.0 Å². The van der Waals surface area contributed by atoms with Crippen molar-refractivity contribution in [3.05, 3.63) is 69.2 Å². The van der Waals surface area contributed by atoms with Gasteiger partial charge in [0.25, 0.3) is 0 Å². The smallest absolute Gasteiger partial charge is 0.105 e. The molecule has 82 valence electrons. The van der Waals surface area contributed by atoms with E-state index in [1.165, 1.54) is 0 Å². The average Bonchev–Trinajstić information content (AvgIpc) is 2.29. The zero-order valence-corrected chi connectivity index (χ0v) is 10.7. The molecule has 16 heavy (non-hydrogen) atoms. The van der Waals surface area contributed by atoms with Crippen LogP contribution in [0.2, 0.25) is 5.02 Å². The molecule has 2 aromatic carbocycles. The predicted octanol–water partition coefficient (Wildman–Crippen LogP) is 4.18. The summed E-state index contributed by atoms with van der Waals surface area (Å²) >= 11 is 9.26. The van der Waals surface area contributed by atoms with Gasteiger partial charge in [0, 0.05) is 9.50 Å². The Labute approximate surface area is 108 Å². The molecule has 0 radical (unpaired) electrons. The van der Waals surface area contributed by atoms with Gasteiger partial charge in [-0.1, -0.05) is 63.9 Å². The molecule has 0 aromatic heterocycles. The Hall–Kier alpha value is -0.830. The van der Waals surface area contributed by atoms with E-state index < -0.39 is 6.10 Å². The minimum Gasteiger partial charge on any atom is -0.384 e. The van der Waals surface area contributed by atoms with Crippen LogP contribution in [0.3, 0.4) is 0 Å². The van der Waals surface area contributed by atoms with Crippen molar-refractivity contribution in [3.8, 4) is 0 Å². The van der Waals surface area contributed by atoms with Gasteiger partial charge in [0.2, 0.25) is 0 Å². The van der Waals surface area contributed by atoms with Gasteiger partial charge in [-0.05, 0) is 23.3 Å². The van der Waals surface area contributed by atoms with Crippen LogP contribution in [0.4, 0.5) is 0 Å².